The van der Waals surface area contributed by atoms with E-state index in [4.69, 9.17) is 4.74 Å². The van der Waals surface area contributed by atoms with Crippen LogP contribution in [0.15, 0.2) is 42.5 Å². The molecule has 5 heteroatoms. The molecule has 0 aliphatic rings. The fraction of sp³-hybridized carbons (Fsp3) is 0.200. The summed E-state index contributed by atoms with van der Waals surface area (Å²) >= 11 is 0. The Bertz CT molecular complexity index is 900. The number of hydrogen-bond acceptors (Lipinski definition) is 3. The molecule has 0 saturated carbocycles. The van der Waals surface area contributed by atoms with Crippen molar-refractivity contribution >= 4 is 28.5 Å². The summed E-state index contributed by atoms with van der Waals surface area (Å²) in [5, 5.41) is 3.73. The molecule has 1 amide bonds. The maximum absolute atomic E-state index is 12.1. The summed E-state index contributed by atoms with van der Waals surface area (Å²) in [6, 6.07) is 13.3. The molecule has 0 fully saturated rings. The number of ether oxygens (including phenoxy) is 1. The van der Waals surface area contributed by atoms with Crippen LogP contribution < -0.4 is 5.32 Å². The van der Waals surface area contributed by atoms with Crippen molar-refractivity contribution in [2.24, 2.45) is 0 Å². The zero-order chi connectivity index (χ0) is 18.0. The Morgan fingerprint density at radius 1 is 1.04 bits per heavy atom. The molecule has 0 saturated heterocycles. The van der Waals surface area contributed by atoms with Crippen LogP contribution in [-0.4, -0.2) is 23.5 Å². The van der Waals surface area contributed by atoms with Gasteiger partial charge in [0.2, 0.25) is 0 Å². The fourth-order valence-electron chi connectivity index (χ4n) is 2.94. The van der Waals surface area contributed by atoms with Gasteiger partial charge in [-0.1, -0.05) is 35.9 Å². The number of benzene rings is 2. The van der Waals surface area contributed by atoms with Gasteiger partial charge >= 0.3 is 5.97 Å². The van der Waals surface area contributed by atoms with Gasteiger partial charge in [0.05, 0.1) is 0 Å². The Balaban J connectivity index is 1.63. The van der Waals surface area contributed by atoms with E-state index >= 15 is 0 Å². The number of aromatic nitrogens is 1. The number of aryl methyl sites for hydroxylation is 3. The molecule has 0 bridgehead atoms. The molecule has 0 aliphatic carbocycles. The maximum atomic E-state index is 12.1. The first kappa shape index (κ1) is 16.8. The third-order valence-electron chi connectivity index (χ3n) is 4.03. The van der Waals surface area contributed by atoms with Crippen molar-refractivity contribution in [2.45, 2.75) is 20.8 Å². The normalized spacial score (nSPS) is 10.7. The van der Waals surface area contributed by atoms with Gasteiger partial charge in [0.15, 0.2) is 6.61 Å². The van der Waals surface area contributed by atoms with Crippen molar-refractivity contribution in [1.82, 2.24) is 4.98 Å². The van der Waals surface area contributed by atoms with E-state index in [9.17, 15) is 9.59 Å². The van der Waals surface area contributed by atoms with E-state index < -0.39 is 5.97 Å². The van der Waals surface area contributed by atoms with E-state index in [0.717, 1.165) is 33.3 Å². The van der Waals surface area contributed by atoms with E-state index in [2.05, 4.69) is 10.3 Å². The lowest BCUT2D eigenvalue weighted by molar-refractivity contribution is -0.119. The van der Waals surface area contributed by atoms with Gasteiger partial charge in [0.1, 0.15) is 5.69 Å². The Kier molecular flexibility index (Phi) is 4.57. The Morgan fingerprint density at radius 2 is 1.72 bits per heavy atom. The molecular formula is C20H20N2O3. The molecule has 0 atom stereocenters. The molecule has 0 aliphatic heterocycles. The molecule has 3 aromatic rings. The lowest BCUT2D eigenvalue weighted by Gasteiger charge is -2.12. The SMILES string of the molecule is Cc1cc(C)c(NC(=O)COC(=O)c2cc3ccccc3[nH]2)c(C)c1. The fourth-order valence-corrected chi connectivity index (χ4v) is 2.94. The summed E-state index contributed by atoms with van der Waals surface area (Å²) in [4.78, 5) is 27.2. The number of aromatic amines is 1. The lowest BCUT2D eigenvalue weighted by atomic mass is 10.1. The van der Waals surface area contributed by atoms with Gasteiger partial charge < -0.3 is 15.0 Å². The van der Waals surface area contributed by atoms with Crippen LogP contribution in [0.2, 0.25) is 0 Å². The van der Waals surface area contributed by atoms with Crippen molar-refractivity contribution in [1.29, 1.82) is 0 Å². The van der Waals surface area contributed by atoms with Crippen molar-refractivity contribution in [3.8, 4) is 0 Å². The van der Waals surface area contributed by atoms with Gasteiger partial charge in [-0.3, -0.25) is 4.79 Å². The van der Waals surface area contributed by atoms with Gasteiger partial charge in [-0.15, -0.1) is 0 Å². The topological polar surface area (TPSA) is 71.2 Å². The highest BCUT2D eigenvalue weighted by atomic mass is 16.5. The number of para-hydroxylation sites is 1. The van der Waals surface area contributed by atoms with Gasteiger partial charge in [-0.05, 0) is 44.0 Å². The number of esters is 1. The molecule has 2 N–H and O–H groups in total. The summed E-state index contributed by atoms with van der Waals surface area (Å²) in [5.74, 6) is -0.914. The first-order valence-electron chi connectivity index (χ1n) is 8.06. The molecule has 3 rings (SSSR count). The monoisotopic (exact) mass is 336 g/mol. The number of hydrogen-bond donors (Lipinski definition) is 2. The minimum absolute atomic E-state index is 0.330. The highest BCUT2D eigenvalue weighted by Crippen LogP contribution is 2.22. The number of fused-ring (bicyclic) bond motifs is 1. The molecular weight excluding hydrogens is 316 g/mol. The second kappa shape index (κ2) is 6.81. The molecule has 2 aromatic carbocycles. The summed E-state index contributed by atoms with van der Waals surface area (Å²) in [5.41, 5.74) is 5.04. The second-order valence-corrected chi connectivity index (χ2v) is 6.17. The van der Waals surface area contributed by atoms with E-state index in [1.54, 1.807) is 6.07 Å². The third-order valence-corrected chi connectivity index (χ3v) is 4.03. The number of rotatable bonds is 4. The maximum Gasteiger partial charge on any atom is 0.355 e. The average molecular weight is 336 g/mol. The molecule has 1 heterocycles. The van der Waals surface area contributed by atoms with Crippen molar-refractivity contribution in [3.63, 3.8) is 0 Å². The molecule has 25 heavy (non-hydrogen) atoms. The lowest BCUT2D eigenvalue weighted by Crippen LogP contribution is -2.22. The standard InChI is InChI=1S/C20H20N2O3/c1-12-8-13(2)19(14(3)9-12)22-18(23)11-25-20(24)17-10-15-6-4-5-7-16(15)21-17/h4-10,21H,11H2,1-3H3,(H,22,23). The van der Waals surface area contributed by atoms with Crippen molar-refractivity contribution in [3.05, 3.63) is 64.8 Å². The van der Waals surface area contributed by atoms with Crippen LogP contribution >= 0.6 is 0 Å². The van der Waals surface area contributed by atoms with Gasteiger partial charge in [0, 0.05) is 16.6 Å². The molecule has 0 spiro atoms. The summed E-state index contributed by atoms with van der Waals surface area (Å²) in [6.45, 7) is 5.55. The Hall–Kier alpha value is -3.08. The van der Waals surface area contributed by atoms with Crippen molar-refractivity contribution < 1.29 is 14.3 Å². The molecule has 0 unspecified atom stereocenters. The van der Waals surface area contributed by atoms with Crippen LogP contribution in [0.4, 0.5) is 5.69 Å². The molecule has 128 valence electrons. The largest absolute Gasteiger partial charge is 0.451 e. The number of carbonyl (C=O) groups excluding carboxylic acids is 2. The first-order chi connectivity index (χ1) is 11.9. The minimum atomic E-state index is -0.552. The predicted molar refractivity (Wildman–Crippen MR) is 97.9 cm³/mol. The molecule has 0 radical (unpaired) electrons. The van der Waals surface area contributed by atoms with E-state index in [0.29, 0.717) is 5.69 Å². The van der Waals surface area contributed by atoms with Crippen LogP contribution in [-0.2, 0) is 9.53 Å². The predicted octanol–water partition coefficient (Wildman–Crippen LogP) is 3.89. The van der Waals surface area contributed by atoms with E-state index in [-0.39, 0.29) is 12.5 Å². The smallest absolute Gasteiger partial charge is 0.355 e. The third kappa shape index (κ3) is 3.71. The van der Waals surface area contributed by atoms with E-state index in [1.165, 1.54) is 0 Å². The summed E-state index contributed by atoms with van der Waals surface area (Å²) in [6.07, 6.45) is 0. The van der Waals surface area contributed by atoms with Crippen LogP contribution in [0.25, 0.3) is 10.9 Å². The van der Waals surface area contributed by atoms with Gasteiger partial charge in [-0.25, -0.2) is 4.79 Å². The van der Waals surface area contributed by atoms with Gasteiger partial charge in [-0.2, -0.15) is 0 Å². The zero-order valence-electron chi connectivity index (χ0n) is 14.5. The van der Waals surface area contributed by atoms with Crippen molar-refractivity contribution in [2.75, 3.05) is 11.9 Å². The number of H-pyrrole nitrogens is 1. The summed E-state index contributed by atoms with van der Waals surface area (Å²) in [7, 11) is 0. The number of amides is 1. The second-order valence-electron chi connectivity index (χ2n) is 6.17. The van der Waals surface area contributed by atoms with Crippen LogP contribution in [0.5, 0.6) is 0 Å². The number of nitrogens with one attached hydrogen (secondary N) is 2. The van der Waals surface area contributed by atoms with Crippen LogP contribution in [0, 0.1) is 20.8 Å². The molecule has 1 aromatic heterocycles. The van der Waals surface area contributed by atoms with Crippen LogP contribution in [0.1, 0.15) is 27.2 Å². The highest BCUT2D eigenvalue weighted by molar-refractivity contribution is 5.98. The Morgan fingerprint density at radius 3 is 2.40 bits per heavy atom. The average Bonchev–Trinajstić information content (AvgIpc) is 3.00. The van der Waals surface area contributed by atoms with E-state index in [1.807, 2.05) is 57.2 Å². The van der Waals surface area contributed by atoms with Gasteiger partial charge in [0.25, 0.3) is 5.91 Å². The molecule has 5 nitrogen and oxygen atoms in total. The summed E-state index contributed by atoms with van der Waals surface area (Å²) < 4.78 is 5.11. The number of anilines is 1. The minimum Gasteiger partial charge on any atom is -0.451 e. The quantitative estimate of drug-likeness (QED) is 0.710. The Labute approximate surface area is 146 Å². The number of carbonyl (C=O) groups is 2. The highest BCUT2D eigenvalue weighted by Gasteiger charge is 2.14. The first-order valence-corrected chi connectivity index (χ1v) is 8.06. The van der Waals surface area contributed by atoms with Crippen LogP contribution in [0.3, 0.4) is 0 Å². The zero-order valence-corrected chi connectivity index (χ0v) is 14.5.